The Hall–Kier alpha value is -2.27. The Kier molecular flexibility index (Phi) is 5.68. The Bertz CT molecular complexity index is 911. The summed E-state index contributed by atoms with van der Waals surface area (Å²) in [5, 5.41) is 3.78. The molecule has 1 aliphatic heterocycles. The van der Waals surface area contributed by atoms with Gasteiger partial charge in [-0.15, -0.1) is 0 Å². The normalized spacial score (nSPS) is 22.4. The van der Waals surface area contributed by atoms with Crippen molar-refractivity contribution in [3.8, 4) is 5.75 Å². The SMILES string of the molecule is COc1ccc([C@H]2C(C(=O)OC3CCCC3)=C(C)NC3=C2C(=O)CCC3)cc1Cl. The molecule has 154 valence electrons. The average Bonchev–Trinajstić information content (AvgIpc) is 3.20. The van der Waals surface area contributed by atoms with Gasteiger partial charge in [0.15, 0.2) is 5.78 Å². The van der Waals surface area contributed by atoms with Gasteiger partial charge in [-0.3, -0.25) is 4.79 Å². The van der Waals surface area contributed by atoms with Crippen molar-refractivity contribution >= 4 is 23.4 Å². The minimum Gasteiger partial charge on any atom is -0.495 e. The molecular formula is C23H26ClNO4. The summed E-state index contributed by atoms with van der Waals surface area (Å²) in [6.45, 7) is 1.88. The Morgan fingerprint density at radius 2 is 1.93 bits per heavy atom. The molecule has 0 unspecified atom stereocenters. The Labute approximate surface area is 176 Å². The third kappa shape index (κ3) is 3.80. The molecule has 3 aliphatic rings. The van der Waals surface area contributed by atoms with Gasteiger partial charge in [0.25, 0.3) is 0 Å². The lowest BCUT2D eigenvalue weighted by Crippen LogP contribution is -2.35. The van der Waals surface area contributed by atoms with Gasteiger partial charge < -0.3 is 14.8 Å². The molecule has 0 amide bonds. The zero-order chi connectivity index (χ0) is 20.5. The fourth-order valence-corrected chi connectivity index (χ4v) is 4.94. The van der Waals surface area contributed by atoms with Crippen LogP contribution in [0.3, 0.4) is 0 Å². The Balaban J connectivity index is 1.78. The number of carbonyl (C=O) groups excluding carboxylic acids is 2. The van der Waals surface area contributed by atoms with Gasteiger partial charge in [0.05, 0.1) is 17.7 Å². The summed E-state index contributed by atoms with van der Waals surface area (Å²) in [6.07, 6.45) is 6.03. The van der Waals surface area contributed by atoms with E-state index in [2.05, 4.69) is 5.32 Å². The van der Waals surface area contributed by atoms with Crippen LogP contribution in [0, 0.1) is 0 Å². The molecule has 0 aromatic heterocycles. The molecule has 29 heavy (non-hydrogen) atoms. The number of esters is 1. The average molecular weight is 416 g/mol. The number of ether oxygens (including phenoxy) is 2. The predicted molar refractivity (Wildman–Crippen MR) is 111 cm³/mol. The summed E-state index contributed by atoms with van der Waals surface area (Å²) in [4.78, 5) is 26.1. The van der Waals surface area contributed by atoms with Crippen molar-refractivity contribution in [2.75, 3.05) is 7.11 Å². The molecule has 1 aromatic rings. The third-order valence-corrected chi connectivity index (χ3v) is 6.38. The van der Waals surface area contributed by atoms with Gasteiger partial charge >= 0.3 is 5.97 Å². The molecule has 5 nitrogen and oxygen atoms in total. The molecule has 4 rings (SSSR count). The van der Waals surface area contributed by atoms with Gasteiger partial charge in [-0.1, -0.05) is 17.7 Å². The van der Waals surface area contributed by atoms with Crippen molar-refractivity contribution in [2.24, 2.45) is 0 Å². The van der Waals surface area contributed by atoms with Gasteiger partial charge in [-0.25, -0.2) is 4.79 Å². The summed E-state index contributed by atoms with van der Waals surface area (Å²) in [5.41, 5.74) is 3.64. The van der Waals surface area contributed by atoms with E-state index >= 15 is 0 Å². The van der Waals surface area contributed by atoms with Crippen molar-refractivity contribution in [3.05, 3.63) is 51.3 Å². The number of halogens is 1. The second kappa shape index (κ2) is 8.23. The number of ketones is 1. The van der Waals surface area contributed by atoms with Crippen molar-refractivity contribution in [3.63, 3.8) is 0 Å². The van der Waals surface area contributed by atoms with E-state index in [1.165, 1.54) is 0 Å². The van der Waals surface area contributed by atoms with Gasteiger partial charge in [-0.2, -0.15) is 0 Å². The Morgan fingerprint density at radius 3 is 2.62 bits per heavy atom. The molecule has 0 radical (unpaired) electrons. The predicted octanol–water partition coefficient (Wildman–Crippen LogP) is 4.80. The van der Waals surface area contributed by atoms with Gasteiger partial charge in [0.1, 0.15) is 11.9 Å². The molecule has 1 fully saturated rings. The summed E-state index contributed by atoms with van der Waals surface area (Å²) in [7, 11) is 1.56. The third-order valence-electron chi connectivity index (χ3n) is 6.08. The summed E-state index contributed by atoms with van der Waals surface area (Å²) >= 11 is 6.39. The number of carbonyl (C=O) groups is 2. The van der Waals surface area contributed by atoms with Crippen LogP contribution in [-0.4, -0.2) is 25.0 Å². The first-order chi connectivity index (χ1) is 14.0. The zero-order valence-corrected chi connectivity index (χ0v) is 17.6. The number of hydrogen-bond donors (Lipinski definition) is 1. The van der Waals surface area contributed by atoms with E-state index in [-0.39, 0.29) is 17.9 Å². The van der Waals surface area contributed by atoms with Crippen LogP contribution in [0.2, 0.25) is 5.02 Å². The lowest BCUT2D eigenvalue weighted by Gasteiger charge is -2.34. The highest BCUT2D eigenvalue weighted by molar-refractivity contribution is 6.32. The maximum absolute atomic E-state index is 13.2. The van der Waals surface area contributed by atoms with E-state index in [4.69, 9.17) is 21.1 Å². The van der Waals surface area contributed by atoms with E-state index in [0.717, 1.165) is 55.5 Å². The first-order valence-corrected chi connectivity index (χ1v) is 10.7. The smallest absolute Gasteiger partial charge is 0.337 e. The number of dihydropyridines is 1. The van der Waals surface area contributed by atoms with Crippen molar-refractivity contribution in [2.45, 2.75) is 63.9 Å². The van der Waals surface area contributed by atoms with E-state index in [1.807, 2.05) is 13.0 Å². The standard InChI is InChI=1S/C23H26ClNO4/c1-13-20(23(27)29-15-6-3-4-7-15)21(14-10-11-19(28-2)16(24)12-14)22-17(25-13)8-5-9-18(22)26/h10-12,15,21,25H,3-9H2,1-2H3/t21-/m0/s1. The minimum atomic E-state index is -0.476. The lowest BCUT2D eigenvalue weighted by molar-refractivity contribution is -0.144. The molecule has 1 atom stereocenters. The summed E-state index contributed by atoms with van der Waals surface area (Å²) < 4.78 is 11.1. The maximum atomic E-state index is 13.2. The van der Waals surface area contributed by atoms with Gasteiger partial charge in [0.2, 0.25) is 0 Å². The lowest BCUT2D eigenvalue weighted by atomic mass is 9.75. The van der Waals surface area contributed by atoms with Crippen LogP contribution in [-0.2, 0) is 14.3 Å². The number of rotatable bonds is 4. The molecule has 0 bridgehead atoms. The van der Waals surface area contributed by atoms with Crippen LogP contribution >= 0.6 is 11.6 Å². The molecule has 2 aliphatic carbocycles. The van der Waals surface area contributed by atoms with Gasteiger partial charge in [0, 0.05) is 29.3 Å². The van der Waals surface area contributed by atoms with E-state index in [0.29, 0.717) is 28.3 Å². The number of nitrogens with one attached hydrogen (secondary N) is 1. The Morgan fingerprint density at radius 1 is 1.17 bits per heavy atom. The van der Waals surface area contributed by atoms with Crippen molar-refractivity contribution < 1.29 is 19.1 Å². The summed E-state index contributed by atoms with van der Waals surface area (Å²) in [5.74, 6) is -0.182. The first-order valence-electron chi connectivity index (χ1n) is 10.3. The van der Waals surface area contributed by atoms with Crippen LogP contribution in [0.1, 0.15) is 63.4 Å². The van der Waals surface area contributed by atoms with Gasteiger partial charge in [-0.05, 0) is 63.1 Å². The van der Waals surface area contributed by atoms with Crippen LogP contribution in [0.4, 0.5) is 0 Å². The first kappa shape index (κ1) is 20.0. The van der Waals surface area contributed by atoms with E-state index in [1.54, 1.807) is 19.2 Å². The molecule has 0 saturated heterocycles. The molecule has 1 aromatic carbocycles. The molecular weight excluding hydrogens is 390 g/mol. The number of allylic oxidation sites excluding steroid dienone is 3. The topological polar surface area (TPSA) is 64.6 Å². The second-order valence-corrected chi connectivity index (χ2v) is 8.38. The van der Waals surface area contributed by atoms with Crippen LogP contribution in [0.5, 0.6) is 5.75 Å². The minimum absolute atomic E-state index is 0.0414. The highest BCUT2D eigenvalue weighted by Crippen LogP contribution is 2.44. The number of benzene rings is 1. The quantitative estimate of drug-likeness (QED) is 0.715. The second-order valence-electron chi connectivity index (χ2n) is 7.97. The fourth-order valence-electron chi connectivity index (χ4n) is 4.67. The highest BCUT2D eigenvalue weighted by atomic mass is 35.5. The van der Waals surface area contributed by atoms with E-state index in [9.17, 15) is 9.59 Å². The fraction of sp³-hybridized carbons (Fsp3) is 0.478. The number of hydrogen-bond acceptors (Lipinski definition) is 5. The number of methoxy groups -OCH3 is 1. The summed E-state index contributed by atoms with van der Waals surface area (Å²) in [6, 6.07) is 5.45. The number of Topliss-reactive ketones (excluding diaryl/α,β-unsaturated/α-hetero) is 1. The molecule has 0 spiro atoms. The maximum Gasteiger partial charge on any atom is 0.337 e. The molecule has 1 saturated carbocycles. The monoisotopic (exact) mass is 415 g/mol. The van der Waals surface area contributed by atoms with Crippen LogP contribution in [0.15, 0.2) is 40.7 Å². The zero-order valence-electron chi connectivity index (χ0n) is 16.8. The van der Waals surface area contributed by atoms with Crippen LogP contribution < -0.4 is 10.1 Å². The van der Waals surface area contributed by atoms with Crippen molar-refractivity contribution in [1.29, 1.82) is 0 Å². The molecule has 1 N–H and O–H groups in total. The van der Waals surface area contributed by atoms with E-state index < -0.39 is 5.92 Å². The van der Waals surface area contributed by atoms with Crippen molar-refractivity contribution in [1.82, 2.24) is 5.32 Å². The van der Waals surface area contributed by atoms with Crippen LogP contribution in [0.25, 0.3) is 0 Å². The molecule has 6 heteroatoms. The highest BCUT2D eigenvalue weighted by Gasteiger charge is 2.40. The molecule has 1 heterocycles. The largest absolute Gasteiger partial charge is 0.495 e.